The predicted octanol–water partition coefficient (Wildman–Crippen LogP) is 3.73. The third kappa shape index (κ3) is 4.21. The Labute approximate surface area is 152 Å². The topological polar surface area (TPSA) is 76.4 Å². The van der Waals surface area contributed by atoms with Crippen molar-refractivity contribution >= 4 is 32.8 Å². The van der Waals surface area contributed by atoms with Crippen LogP contribution in [0.25, 0.3) is 17.0 Å². The number of hydrogen-bond acceptors (Lipinski definition) is 4. The summed E-state index contributed by atoms with van der Waals surface area (Å²) in [5.41, 5.74) is 1.59. The van der Waals surface area contributed by atoms with Crippen molar-refractivity contribution in [1.29, 1.82) is 0 Å². The van der Waals surface area contributed by atoms with Crippen LogP contribution in [0.5, 0.6) is 0 Å². The second-order valence-electron chi connectivity index (χ2n) is 6.09. The summed E-state index contributed by atoms with van der Waals surface area (Å²) < 4.78 is 28.6. The van der Waals surface area contributed by atoms with Crippen LogP contribution in [0.15, 0.2) is 70.0 Å². The largest absolute Gasteiger partial charge is 0.457 e. The van der Waals surface area contributed by atoms with Gasteiger partial charge in [-0.05, 0) is 42.8 Å². The third-order valence-electron chi connectivity index (χ3n) is 4.01. The van der Waals surface area contributed by atoms with Crippen molar-refractivity contribution in [2.24, 2.45) is 0 Å². The van der Waals surface area contributed by atoms with E-state index in [1.54, 1.807) is 18.2 Å². The van der Waals surface area contributed by atoms with E-state index in [1.807, 2.05) is 37.3 Å². The van der Waals surface area contributed by atoms with Gasteiger partial charge in [-0.1, -0.05) is 30.3 Å². The third-order valence-corrected chi connectivity index (χ3v) is 5.14. The minimum atomic E-state index is -3.23. The highest BCUT2D eigenvalue weighted by Crippen LogP contribution is 2.20. The Morgan fingerprint density at radius 3 is 2.46 bits per heavy atom. The first-order chi connectivity index (χ1) is 12.3. The molecule has 0 aliphatic carbocycles. The molecule has 1 unspecified atom stereocenters. The minimum absolute atomic E-state index is 0.253. The van der Waals surface area contributed by atoms with Crippen LogP contribution in [0, 0.1) is 0 Å². The fourth-order valence-electron chi connectivity index (χ4n) is 2.59. The molecule has 1 heterocycles. The molecule has 0 saturated heterocycles. The van der Waals surface area contributed by atoms with Gasteiger partial charge in [-0.25, -0.2) is 8.42 Å². The smallest absolute Gasteiger partial charge is 0.244 e. The SMILES string of the molecule is CC(NC(=O)/C=C/c1cc2ccccc2o1)c1ccc(S(C)(=O)=O)cc1. The molecule has 1 N–H and O–H groups in total. The summed E-state index contributed by atoms with van der Waals surface area (Å²) in [6, 6.07) is 15.7. The molecule has 0 saturated carbocycles. The number of fused-ring (bicyclic) bond motifs is 1. The van der Waals surface area contributed by atoms with Crippen molar-refractivity contribution in [2.75, 3.05) is 6.26 Å². The average Bonchev–Trinajstić information content (AvgIpc) is 3.02. The molecule has 2 aromatic carbocycles. The first-order valence-corrected chi connectivity index (χ1v) is 9.99. The van der Waals surface area contributed by atoms with Crippen LogP contribution in [-0.2, 0) is 14.6 Å². The maximum absolute atomic E-state index is 12.1. The van der Waals surface area contributed by atoms with E-state index in [0.29, 0.717) is 5.76 Å². The second kappa shape index (κ2) is 7.17. The molecule has 5 nitrogen and oxygen atoms in total. The molecule has 0 radical (unpaired) electrons. The lowest BCUT2D eigenvalue weighted by molar-refractivity contribution is -0.117. The number of sulfone groups is 1. The minimum Gasteiger partial charge on any atom is -0.457 e. The summed E-state index contributed by atoms with van der Waals surface area (Å²) in [6.45, 7) is 1.84. The van der Waals surface area contributed by atoms with Crippen LogP contribution in [0.3, 0.4) is 0 Å². The predicted molar refractivity (Wildman–Crippen MR) is 101 cm³/mol. The van der Waals surface area contributed by atoms with Gasteiger partial charge in [-0.15, -0.1) is 0 Å². The van der Waals surface area contributed by atoms with Crippen LogP contribution < -0.4 is 5.32 Å². The van der Waals surface area contributed by atoms with E-state index in [9.17, 15) is 13.2 Å². The zero-order chi connectivity index (χ0) is 18.7. The van der Waals surface area contributed by atoms with Crippen molar-refractivity contribution in [2.45, 2.75) is 17.9 Å². The summed E-state index contributed by atoms with van der Waals surface area (Å²) in [4.78, 5) is 12.4. The number of carbonyl (C=O) groups is 1. The molecule has 1 amide bonds. The molecule has 134 valence electrons. The van der Waals surface area contributed by atoms with Gasteiger partial charge in [0.2, 0.25) is 5.91 Å². The van der Waals surface area contributed by atoms with Crippen molar-refractivity contribution < 1.29 is 17.6 Å². The van der Waals surface area contributed by atoms with Gasteiger partial charge in [0.1, 0.15) is 11.3 Å². The second-order valence-corrected chi connectivity index (χ2v) is 8.11. The molecule has 3 aromatic rings. The van der Waals surface area contributed by atoms with Gasteiger partial charge in [-0.3, -0.25) is 4.79 Å². The van der Waals surface area contributed by atoms with Crippen LogP contribution in [0.1, 0.15) is 24.3 Å². The van der Waals surface area contributed by atoms with Gasteiger partial charge in [0, 0.05) is 17.7 Å². The van der Waals surface area contributed by atoms with E-state index >= 15 is 0 Å². The highest BCUT2D eigenvalue weighted by molar-refractivity contribution is 7.90. The number of nitrogens with one attached hydrogen (secondary N) is 1. The van der Waals surface area contributed by atoms with Crippen LogP contribution in [0.2, 0.25) is 0 Å². The molecular formula is C20H19NO4S. The van der Waals surface area contributed by atoms with Crippen molar-refractivity contribution in [3.05, 3.63) is 72.0 Å². The maximum Gasteiger partial charge on any atom is 0.244 e. The number of benzene rings is 2. The Morgan fingerprint density at radius 1 is 1.12 bits per heavy atom. The van der Waals surface area contributed by atoms with Gasteiger partial charge < -0.3 is 9.73 Å². The highest BCUT2D eigenvalue weighted by Gasteiger charge is 2.11. The number of hydrogen-bond donors (Lipinski definition) is 1. The summed E-state index contributed by atoms with van der Waals surface area (Å²) in [7, 11) is -3.23. The van der Waals surface area contributed by atoms with Crippen molar-refractivity contribution in [3.63, 3.8) is 0 Å². The number of amides is 1. The van der Waals surface area contributed by atoms with Crippen molar-refractivity contribution in [1.82, 2.24) is 5.32 Å². The quantitative estimate of drug-likeness (QED) is 0.695. The molecule has 0 aliphatic rings. The van der Waals surface area contributed by atoms with Crippen LogP contribution in [-0.4, -0.2) is 20.6 Å². The normalized spacial score (nSPS) is 13.2. The lowest BCUT2D eigenvalue weighted by atomic mass is 10.1. The average molecular weight is 369 g/mol. The van der Waals surface area contributed by atoms with E-state index in [0.717, 1.165) is 22.8 Å². The first-order valence-electron chi connectivity index (χ1n) is 8.10. The fraction of sp³-hybridized carbons (Fsp3) is 0.150. The van der Waals surface area contributed by atoms with E-state index in [4.69, 9.17) is 4.42 Å². The molecule has 6 heteroatoms. The lowest BCUT2D eigenvalue weighted by Gasteiger charge is -2.13. The zero-order valence-corrected chi connectivity index (χ0v) is 15.3. The summed E-state index contributed by atoms with van der Waals surface area (Å²) in [6.07, 6.45) is 4.20. The Hall–Kier alpha value is -2.86. The molecule has 3 rings (SSSR count). The molecule has 0 fully saturated rings. The van der Waals surface area contributed by atoms with Gasteiger partial charge in [0.15, 0.2) is 9.84 Å². The number of para-hydroxylation sites is 1. The van der Waals surface area contributed by atoms with Crippen LogP contribution >= 0.6 is 0 Å². The fourth-order valence-corrected chi connectivity index (χ4v) is 3.22. The summed E-state index contributed by atoms with van der Waals surface area (Å²) >= 11 is 0. The van der Waals surface area contributed by atoms with Crippen LogP contribution in [0.4, 0.5) is 0 Å². The van der Waals surface area contributed by atoms with E-state index in [1.165, 1.54) is 18.2 Å². The highest BCUT2D eigenvalue weighted by atomic mass is 32.2. The molecule has 1 atom stereocenters. The monoisotopic (exact) mass is 369 g/mol. The first kappa shape index (κ1) is 17.9. The Morgan fingerprint density at radius 2 is 1.81 bits per heavy atom. The standard InChI is InChI=1S/C20H19NO4S/c1-14(15-7-10-18(11-8-15)26(2,23)24)21-20(22)12-9-17-13-16-5-3-4-6-19(16)25-17/h3-14H,1-2H3,(H,21,22)/b12-9+. The molecule has 0 spiro atoms. The van der Waals surface area contributed by atoms with Gasteiger partial charge >= 0.3 is 0 Å². The van der Waals surface area contributed by atoms with Crippen molar-refractivity contribution in [3.8, 4) is 0 Å². The summed E-state index contributed by atoms with van der Waals surface area (Å²) in [5.74, 6) is 0.344. The number of rotatable bonds is 5. The molecule has 1 aromatic heterocycles. The van der Waals surface area contributed by atoms with E-state index in [-0.39, 0.29) is 16.8 Å². The van der Waals surface area contributed by atoms with E-state index < -0.39 is 9.84 Å². The molecule has 26 heavy (non-hydrogen) atoms. The summed E-state index contributed by atoms with van der Waals surface area (Å²) in [5, 5.41) is 3.82. The number of carbonyl (C=O) groups excluding carboxylic acids is 1. The van der Waals surface area contributed by atoms with Gasteiger partial charge in [0.05, 0.1) is 10.9 Å². The Balaban J connectivity index is 1.65. The van der Waals surface area contributed by atoms with Gasteiger partial charge in [-0.2, -0.15) is 0 Å². The number of furan rings is 1. The lowest BCUT2D eigenvalue weighted by Crippen LogP contribution is -2.24. The molecule has 0 aliphatic heterocycles. The molecular weight excluding hydrogens is 350 g/mol. The molecule has 0 bridgehead atoms. The Bertz CT molecular complexity index is 1030. The van der Waals surface area contributed by atoms with Gasteiger partial charge in [0.25, 0.3) is 0 Å². The maximum atomic E-state index is 12.1. The van der Waals surface area contributed by atoms with E-state index in [2.05, 4.69) is 5.32 Å². The zero-order valence-electron chi connectivity index (χ0n) is 14.5. The Kier molecular flexibility index (Phi) is 4.95.